The Hall–Kier alpha value is -4.58. The summed E-state index contributed by atoms with van der Waals surface area (Å²) in [6.07, 6.45) is 0. The SMILES string of the molecule is CCOC(=O)c1sc(N2C(=O)C(=O)/C(=C(/O)c3ccc(OC)c(C)c3)C2c2cc(OC)c(OC)c(OC)c2)nc1C. The zero-order valence-electron chi connectivity index (χ0n) is 23.7. The largest absolute Gasteiger partial charge is 0.507 e. The van der Waals surface area contributed by atoms with Crippen molar-refractivity contribution in [2.24, 2.45) is 0 Å². The smallest absolute Gasteiger partial charge is 0.350 e. The Kier molecular flexibility index (Phi) is 8.52. The lowest BCUT2D eigenvalue weighted by atomic mass is 9.94. The summed E-state index contributed by atoms with van der Waals surface area (Å²) < 4.78 is 26.9. The molecule has 1 aliphatic rings. The van der Waals surface area contributed by atoms with Gasteiger partial charge in [-0.3, -0.25) is 14.5 Å². The summed E-state index contributed by atoms with van der Waals surface area (Å²) in [5, 5.41) is 11.6. The number of carbonyl (C=O) groups is 3. The molecule has 41 heavy (non-hydrogen) atoms. The van der Waals surface area contributed by atoms with E-state index >= 15 is 0 Å². The highest BCUT2D eigenvalue weighted by Crippen LogP contribution is 2.48. The zero-order valence-corrected chi connectivity index (χ0v) is 24.5. The highest BCUT2D eigenvalue weighted by Gasteiger charge is 2.49. The number of rotatable bonds is 9. The molecule has 12 heteroatoms. The highest BCUT2D eigenvalue weighted by molar-refractivity contribution is 7.17. The molecule has 1 unspecified atom stereocenters. The average molecular weight is 583 g/mol. The van der Waals surface area contributed by atoms with Gasteiger partial charge in [0.1, 0.15) is 16.4 Å². The fourth-order valence-corrected chi connectivity index (χ4v) is 5.64. The maximum Gasteiger partial charge on any atom is 0.350 e. The number of aliphatic hydroxyl groups is 1. The zero-order chi connectivity index (χ0) is 30.0. The average Bonchev–Trinajstić information content (AvgIpc) is 3.47. The normalized spacial score (nSPS) is 16.1. The van der Waals surface area contributed by atoms with Crippen molar-refractivity contribution < 1.29 is 43.2 Å². The molecule has 1 N–H and O–H groups in total. The summed E-state index contributed by atoms with van der Waals surface area (Å²) in [6.45, 7) is 5.24. The third-order valence-corrected chi connectivity index (χ3v) is 7.70. The van der Waals surface area contributed by atoms with E-state index in [-0.39, 0.29) is 33.7 Å². The minimum Gasteiger partial charge on any atom is -0.507 e. The summed E-state index contributed by atoms with van der Waals surface area (Å²) in [5.74, 6) is -1.41. The first-order chi connectivity index (χ1) is 19.6. The van der Waals surface area contributed by atoms with Gasteiger partial charge in [-0.1, -0.05) is 11.3 Å². The van der Waals surface area contributed by atoms with Crippen molar-refractivity contribution in [1.82, 2.24) is 4.98 Å². The number of methoxy groups -OCH3 is 4. The van der Waals surface area contributed by atoms with Crippen molar-refractivity contribution in [3.8, 4) is 23.0 Å². The van der Waals surface area contributed by atoms with Crippen LogP contribution in [0.1, 0.15) is 45.0 Å². The van der Waals surface area contributed by atoms with E-state index < -0.39 is 29.5 Å². The van der Waals surface area contributed by atoms with Crippen molar-refractivity contribution in [3.05, 3.63) is 63.2 Å². The molecule has 0 radical (unpaired) electrons. The number of esters is 1. The van der Waals surface area contributed by atoms with Crippen LogP contribution in [0.2, 0.25) is 0 Å². The first-order valence-electron chi connectivity index (χ1n) is 12.5. The summed E-state index contributed by atoms with van der Waals surface area (Å²) in [7, 11) is 5.85. The monoisotopic (exact) mass is 582 g/mol. The third kappa shape index (κ3) is 5.18. The van der Waals surface area contributed by atoms with Crippen molar-refractivity contribution in [2.75, 3.05) is 39.9 Å². The molecular weight excluding hydrogens is 552 g/mol. The minimum absolute atomic E-state index is 0.0800. The minimum atomic E-state index is -1.16. The second-order valence-electron chi connectivity index (χ2n) is 8.94. The number of nitrogens with zero attached hydrogens (tertiary/aromatic N) is 2. The topological polar surface area (TPSA) is 134 Å². The molecule has 1 amide bonds. The number of Topliss-reactive ketones (excluding diaryl/α,β-unsaturated/α-hetero) is 1. The molecule has 1 aliphatic heterocycles. The molecule has 11 nitrogen and oxygen atoms in total. The van der Waals surface area contributed by atoms with E-state index in [2.05, 4.69) is 4.98 Å². The van der Waals surface area contributed by atoms with Gasteiger partial charge in [-0.25, -0.2) is 9.78 Å². The Morgan fingerprint density at radius 2 is 1.61 bits per heavy atom. The molecule has 3 aromatic rings. The van der Waals surface area contributed by atoms with Crippen molar-refractivity contribution in [3.63, 3.8) is 0 Å². The molecule has 216 valence electrons. The molecule has 1 aromatic heterocycles. The summed E-state index contributed by atoms with van der Waals surface area (Å²) >= 11 is 0.913. The number of thiazole rings is 1. The first-order valence-corrected chi connectivity index (χ1v) is 13.3. The predicted octanol–water partition coefficient (Wildman–Crippen LogP) is 4.60. The molecule has 0 bridgehead atoms. The Morgan fingerprint density at radius 1 is 0.976 bits per heavy atom. The number of ether oxygens (including phenoxy) is 5. The van der Waals surface area contributed by atoms with Crippen LogP contribution < -0.4 is 23.8 Å². The number of aliphatic hydroxyl groups excluding tert-OH is 1. The molecule has 0 spiro atoms. The lowest BCUT2D eigenvalue weighted by Crippen LogP contribution is -2.29. The lowest BCUT2D eigenvalue weighted by Gasteiger charge is -2.24. The number of ketones is 1. The van der Waals surface area contributed by atoms with Gasteiger partial charge < -0.3 is 28.8 Å². The number of amides is 1. The van der Waals surface area contributed by atoms with E-state index in [9.17, 15) is 19.5 Å². The van der Waals surface area contributed by atoms with Crippen molar-refractivity contribution >= 4 is 39.9 Å². The van der Waals surface area contributed by atoms with Crippen LogP contribution in [0.5, 0.6) is 23.0 Å². The number of anilines is 1. The van der Waals surface area contributed by atoms with E-state index in [0.29, 0.717) is 33.9 Å². The van der Waals surface area contributed by atoms with Gasteiger partial charge in [-0.2, -0.15) is 0 Å². The van der Waals surface area contributed by atoms with E-state index in [0.717, 1.165) is 16.2 Å². The number of benzene rings is 2. The van der Waals surface area contributed by atoms with Crippen LogP contribution in [0.3, 0.4) is 0 Å². The Bertz CT molecular complexity index is 1530. The van der Waals surface area contributed by atoms with Gasteiger partial charge in [-0.05, 0) is 62.2 Å². The van der Waals surface area contributed by atoms with Crippen LogP contribution in [0.15, 0.2) is 35.9 Å². The fraction of sp³-hybridized carbons (Fsp3) is 0.310. The van der Waals surface area contributed by atoms with Crippen LogP contribution >= 0.6 is 11.3 Å². The summed E-state index contributed by atoms with van der Waals surface area (Å²) in [5.41, 5.74) is 1.54. The molecule has 1 fully saturated rings. The number of aryl methyl sites for hydroxylation is 2. The summed E-state index contributed by atoms with van der Waals surface area (Å²) in [6, 6.07) is 6.92. The van der Waals surface area contributed by atoms with Crippen molar-refractivity contribution in [2.45, 2.75) is 26.8 Å². The van der Waals surface area contributed by atoms with Gasteiger partial charge in [0, 0.05) is 5.56 Å². The molecule has 0 saturated carbocycles. The predicted molar refractivity (Wildman–Crippen MR) is 151 cm³/mol. The standard InChI is InChI=1S/C29H30N2O9S/c1-8-40-28(35)26-15(3)30-29(41-26)31-22(17-12-19(37-5)25(39-7)20(13-17)38-6)21(24(33)27(31)34)23(32)16-9-10-18(36-4)14(2)11-16/h9-13,22,32H,8H2,1-7H3/b23-21+. The number of aromatic nitrogens is 1. The van der Waals surface area contributed by atoms with E-state index in [1.165, 1.54) is 28.4 Å². The van der Waals surface area contributed by atoms with Crippen LogP contribution in [-0.4, -0.2) is 62.8 Å². The summed E-state index contributed by atoms with van der Waals surface area (Å²) in [4.78, 5) is 45.6. The van der Waals surface area contributed by atoms with Crippen LogP contribution in [0, 0.1) is 13.8 Å². The fourth-order valence-electron chi connectivity index (χ4n) is 4.66. The molecule has 1 saturated heterocycles. The Balaban J connectivity index is 2.00. The first kappa shape index (κ1) is 29.4. The molecular formula is C29H30N2O9S. The van der Waals surface area contributed by atoms with E-state index in [1.54, 1.807) is 51.1 Å². The number of hydrogen-bond acceptors (Lipinski definition) is 11. The van der Waals surface area contributed by atoms with Crippen LogP contribution in [-0.2, 0) is 14.3 Å². The molecule has 2 aromatic carbocycles. The quantitative estimate of drug-likeness (QED) is 0.165. The van der Waals surface area contributed by atoms with Gasteiger partial charge in [0.2, 0.25) is 5.75 Å². The number of carbonyl (C=O) groups excluding carboxylic acids is 3. The molecule has 0 aliphatic carbocycles. The molecule has 1 atom stereocenters. The highest BCUT2D eigenvalue weighted by atomic mass is 32.1. The molecule has 2 heterocycles. The maximum atomic E-state index is 13.6. The van der Waals surface area contributed by atoms with E-state index in [4.69, 9.17) is 23.7 Å². The van der Waals surface area contributed by atoms with Gasteiger partial charge in [-0.15, -0.1) is 0 Å². The second kappa shape index (κ2) is 11.9. The van der Waals surface area contributed by atoms with Crippen LogP contribution in [0.25, 0.3) is 5.76 Å². The van der Waals surface area contributed by atoms with Gasteiger partial charge in [0.05, 0.1) is 52.4 Å². The Labute approximate surface area is 240 Å². The Morgan fingerprint density at radius 3 is 2.15 bits per heavy atom. The van der Waals surface area contributed by atoms with Crippen molar-refractivity contribution in [1.29, 1.82) is 0 Å². The number of hydrogen-bond donors (Lipinski definition) is 1. The maximum absolute atomic E-state index is 13.6. The molecule has 4 rings (SSSR count). The van der Waals surface area contributed by atoms with Gasteiger partial charge >= 0.3 is 11.9 Å². The lowest BCUT2D eigenvalue weighted by molar-refractivity contribution is -0.132. The van der Waals surface area contributed by atoms with Crippen LogP contribution in [0.4, 0.5) is 5.13 Å². The second-order valence-corrected chi connectivity index (χ2v) is 9.92. The van der Waals surface area contributed by atoms with E-state index in [1.807, 2.05) is 0 Å². The van der Waals surface area contributed by atoms with Gasteiger partial charge in [0.15, 0.2) is 16.6 Å². The van der Waals surface area contributed by atoms with Gasteiger partial charge in [0.25, 0.3) is 5.78 Å². The third-order valence-electron chi connectivity index (χ3n) is 6.57.